The maximum Gasteiger partial charge on any atom is 0.223 e. The third-order valence-corrected chi connectivity index (χ3v) is 4.85. The van der Waals surface area contributed by atoms with E-state index < -0.39 is 0 Å². The lowest BCUT2D eigenvalue weighted by Crippen LogP contribution is -2.33. The van der Waals surface area contributed by atoms with Crippen molar-refractivity contribution < 1.29 is 4.52 Å². The first-order chi connectivity index (χ1) is 12.0. The van der Waals surface area contributed by atoms with Gasteiger partial charge in [0.25, 0.3) is 0 Å². The van der Waals surface area contributed by atoms with E-state index in [0.717, 1.165) is 44.1 Å². The Balaban J connectivity index is 1.51. The zero-order chi connectivity index (χ0) is 17.8. The molecule has 0 amide bonds. The van der Waals surface area contributed by atoms with Crippen LogP contribution in [0.1, 0.15) is 56.6 Å². The van der Waals surface area contributed by atoms with Gasteiger partial charge < -0.3 is 4.52 Å². The van der Waals surface area contributed by atoms with E-state index in [-0.39, 0.29) is 0 Å². The molecule has 1 unspecified atom stereocenters. The van der Waals surface area contributed by atoms with Gasteiger partial charge >= 0.3 is 0 Å². The number of aromatic nitrogens is 5. The number of hydrogen-bond acceptors (Lipinski definition) is 7. The summed E-state index contributed by atoms with van der Waals surface area (Å²) in [5, 5.41) is 12.5. The molecule has 1 fully saturated rings. The fourth-order valence-corrected chi connectivity index (χ4v) is 3.36. The third kappa shape index (κ3) is 4.85. The van der Waals surface area contributed by atoms with E-state index in [1.165, 1.54) is 12.8 Å². The zero-order valence-corrected chi connectivity index (χ0v) is 15.7. The van der Waals surface area contributed by atoms with Crippen molar-refractivity contribution in [2.45, 2.75) is 65.2 Å². The molecule has 0 bridgehead atoms. The lowest BCUT2D eigenvalue weighted by Gasteiger charge is -2.26. The number of likely N-dealkylation sites (tertiary alicyclic amines) is 1. The molecule has 25 heavy (non-hydrogen) atoms. The monoisotopic (exact) mass is 347 g/mol. The molecule has 1 saturated heterocycles. The highest BCUT2D eigenvalue weighted by atomic mass is 16.5. The Morgan fingerprint density at radius 1 is 1.32 bits per heavy atom. The van der Waals surface area contributed by atoms with E-state index in [1.807, 2.05) is 11.6 Å². The number of hydrogen-bond donors (Lipinski definition) is 0. The Kier molecular flexibility index (Phi) is 5.80. The molecular weight excluding hydrogens is 318 g/mol. The van der Waals surface area contributed by atoms with E-state index in [4.69, 9.17) is 4.52 Å². The Morgan fingerprint density at radius 3 is 2.84 bits per heavy atom. The van der Waals surface area contributed by atoms with Crippen LogP contribution in [0.4, 0.5) is 0 Å². The van der Waals surface area contributed by atoms with Gasteiger partial charge in [-0.1, -0.05) is 10.4 Å². The highest BCUT2D eigenvalue weighted by Crippen LogP contribution is 2.18. The van der Waals surface area contributed by atoms with Crippen LogP contribution in [0, 0.1) is 6.92 Å². The fraction of sp³-hybridized carbons (Fsp3) is 0.765. The molecule has 3 heterocycles. The zero-order valence-electron chi connectivity index (χ0n) is 15.7. The van der Waals surface area contributed by atoms with E-state index in [9.17, 15) is 0 Å². The van der Waals surface area contributed by atoms with Gasteiger partial charge in [0.05, 0.1) is 18.4 Å². The lowest BCUT2D eigenvalue weighted by molar-refractivity contribution is 0.200. The molecule has 8 heteroatoms. The minimum absolute atomic E-state index is 0.359. The second kappa shape index (κ2) is 8.05. The summed E-state index contributed by atoms with van der Waals surface area (Å²) in [6.07, 6.45) is 5.60. The molecule has 0 aromatic carbocycles. The van der Waals surface area contributed by atoms with Crippen molar-refractivity contribution in [1.29, 1.82) is 0 Å². The second-order valence-electron chi connectivity index (χ2n) is 7.29. The molecule has 1 aliphatic rings. The lowest BCUT2D eigenvalue weighted by atomic mass is 10.1. The van der Waals surface area contributed by atoms with Gasteiger partial charge in [-0.05, 0) is 46.7 Å². The van der Waals surface area contributed by atoms with Gasteiger partial charge in [0.2, 0.25) is 5.89 Å². The number of rotatable bonds is 6. The van der Waals surface area contributed by atoms with Crippen molar-refractivity contribution in [2.24, 2.45) is 0 Å². The standard InChI is InChI=1S/C17H29N7O/c1-13(2)24-11-15(19-21-24)10-23-8-5-6-16(7-9-23)22(4)12-17-18-14(3)25-20-17/h11,13,16H,5-10,12H2,1-4H3. The summed E-state index contributed by atoms with van der Waals surface area (Å²) in [5.41, 5.74) is 1.06. The maximum absolute atomic E-state index is 5.07. The molecule has 1 aliphatic heterocycles. The average Bonchev–Trinajstić information content (AvgIpc) is 3.12. The van der Waals surface area contributed by atoms with Gasteiger partial charge in [0.15, 0.2) is 5.82 Å². The van der Waals surface area contributed by atoms with E-state index in [1.54, 1.807) is 0 Å². The number of nitrogens with zero attached hydrogens (tertiary/aromatic N) is 7. The average molecular weight is 347 g/mol. The van der Waals surface area contributed by atoms with Crippen LogP contribution >= 0.6 is 0 Å². The second-order valence-corrected chi connectivity index (χ2v) is 7.29. The SMILES string of the molecule is Cc1nc(CN(C)C2CCCN(Cc3cn(C(C)C)nn3)CC2)no1. The molecule has 138 valence electrons. The van der Waals surface area contributed by atoms with Crippen molar-refractivity contribution in [2.75, 3.05) is 20.1 Å². The minimum Gasteiger partial charge on any atom is -0.340 e. The highest BCUT2D eigenvalue weighted by Gasteiger charge is 2.22. The number of aryl methyl sites for hydroxylation is 1. The summed E-state index contributed by atoms with van der Waals surface area (Å²) in [4.78, 5) is 9.15. The maximum atomic E-state index is 5.07. The van der Waals surface area contributed by atoms with Crippen LogP contribution in [0.15, 0.2) is 10.7 Å². The predicted molar refractivity (Wildman–Crippen MR) is 93.8 cm³/mol. The largest absolute Gasteiger partial charge is 0.340 e. The molecule has 1 atom stereocenters. The molecular formula is C17H29N7O. The van der Waals surface area contributed by atoms with Crippen LogP contribution < -0.4 is 0 Å². The van der Waals surface area contributed by atoms with E-state index in [0.29, 0.717) is 18.0 Å². The molecule has 2 aromatic heterocycles. The Labute approximate surface area is 149 Å². The molecule has 0 spiro atoms. The molecule has 2 aromatic rings. The summed E-state index contributed by atoms with van der Waals surface area (Å²) >= 11 is 0. The molecule has 0 N–H and O–H groups in total. The van der Waals surface area contributed by atoms with Gasteiger partial charge in [-0.2, -0.15) is 4.98 Å². The van der Waals surface area contributed by atoms with Gasteiger partial charge in [-0.25, -0.2) is 4.68 Å². The smallest absolute Gasteiger partial charge is 0.223 e. The summed E-state index contributed by atoms with van der Waals surface area (Å²) in [6, 6.07) is 0.910. The first-order valence-corrected chi connectivity index (χ1v) is 9.13. The normalized spacial score (nSPS) is 19.7. The molecule has 0 saturated carbocycles. The van der Waals surface area contributed by atoms with Crippen LogP contribution in [0.5, 0.6) is 0 Å². The van der Waals surface area contributed by atoms with Crippen molar-refractivity contribution >= 4 is 0 Å². The summed E-state index contributed by atoms with van der Waals surface area (Å²) < 4.78 is 7.00. The quantitative estimate of drug-likeness (QED) is 0.791. The summed E-state index contributed by atoms with van der Waals surface area (Å²) in [6.45, 7) is 9.88. The molecule has 3 rings (SSSR count). The first-order valence-electron chi connectivity index (χ1n) is 9.13. The van der Waals surface area contributed by atoms with Gasteiger partial charge in [-0.15, -0.1) is 5.10 Å². The summed E-state index contributed by atoms with van der Waals surface area (Å²) in [7, 11) is 2.15. The molecule has 8 nitrogen and oxygen atoms in total. The highest BCUT2D eigenvalue weighted by molar-refractivity contribution is 4.94. The minimum atomic E-state index is 0.359. The van der Waals surface area contributed by atoms with Crippen molar-refractivity contribution in [3.05, 3.63) is 23.6 Å². The summed E-state index contributed by atoms with van der Waals surface area (Å²) in [5.74, 6) is 1.40. The van der Waals surface area contributed by atoms with Crippen LogP contribution in [-0.2, 0) is 13.1 Å². The van der Waals surface area contributed by atoms with Gasteiger partial charge in [0.1, 0.15) is 0 Å². The van der Waals surface area contributed by atoms with E-state index in [2.05, 4.69) is 57.3 Å². The molecule has 0 aliphatic carbocycles. The van der Waals surface area contributed by atoms with Crippen molar-refractivity contribution in [3.8, 4) is 0 Å². The third-order valence-electron chi connectivity index (χ3n) is 4.85. The Morgan fingerprint density at radius 2 is 2.16 bits per heavy atom. The van der Waals surface area contributed by atoms with Crippen LogP contribution in [0.3, 0.4) is 0 Å². The van der Waals surface area contributed by atoms with Gasteiger partial charge in [-0.3, -0.25) is 9.80 Å². The van der Waals surface area contributed by atoms with Crippen LogP contribution in [-0.4, -0.2) is 61.1 Å². The van der Waals surface area contributed by atoms with Crippen LogP contribution in [0.25, 0.3) is 0 Å². The Hall–Kier alpha value is -1.80. The van der Waals surface area contributed by atoms with Gasteiger partial charge in [0, 0.05) is 32.1 Å². The van der Waals surface area contributed by atoms with E-state index >= 15 is 0 Å². The first kappa shape index (κ1) is 18.0. The fourth-order valence-electron chi connectivity index (χ4n) is 3.36. The molecule has 0 radical (unpaired) electrons. The van der Waals surface area contributed by atoms with Crippen LogP contribution in [0.2, 0.25) is 0 Å². The van der Waals surface area contributed by atoms with Crippen molar-refractivity contribution in [3.63, 3.8) is 0 Å². The van der Waals surface area contributed by atoms with Crippen molar-refractivity contribution in [1.82, 2.24) is 34.9 Å². The predicted octanol–water partition coefficient (Wildman–Crippen LogP) is 2.04. The Bertz CT molecular complexity index is 666. The topological polar surface area (TPSA) is 76.1 Å².